The highest BCUT2D eigenvalue weighted by Crippen LogP contribution is 2.37. The van der Waals surface area contributed by atoms with Gasteiger partial charge in [-0.3, -0.25) is 4.79 Å². The second-order valence-electron chi connectivity index (χ2n) is 8.11. The molecule has 180 valence electrons. The number of carbonyl (C=O) groups excluding carboxylic acids is 2. The molecule has 1 amide bonds. The molecule has 0 unspecified atom stereocenters. The maximum Gasteiger partial charge on any atom is 0.341 e. The van der Waals surface area contributed by atoms with Crippen molar-refractivity contribution in [1.29, 1.82) is 0 Å². The molecule has 0 atom stereocenters. The molecule has 1 aliphatic rings. The fraction of sp³-hybridized carbons (Fsp3) is 0.417. The maximum atomic E-state index is 12.8. The lowest BCUT2D eigenvalue weighted by Crippen LogP contribution is -2.17. The molecule has 0 saturated heterocycles. The third-order valence-corrected chi connectivity index (χ3v) is 8.07. The van der Waals surface area contributed by atoms with Gasteiger partial charge in [-0.1, -0.05) is 54.8 Å². The lowest BCUT2D eigenvalue weighted by Gasteiger charge is -2.21. The zero-order valence-electron chi connectivity index (χ0n) is 19.2. The van der Waals surface area contributed by atoms with Gasteiger partial charge < -0.3 is 14.6 Å². The summed E-state index contributed by atoms with van der Waals surface area (Å²) in [6, 6.07) is 7.19. The number of methoxy groups -OCH3 is 1. The van der Waals surface area contributed by atoms with E-state index in [-0.39, 0.29) is 11.7 Å². The lowest BCUT2D eigenvalue weighted by atomic mass is 9.89. The zero-order chi connectivity index (χ0) is 24.1. The van der Waals surface area contributed by atoms with E-state index in [2.05, 4.69) is 27.0 Å². The van der Waals surface area contributed by atoms with Crippen LogP contribution in [0.25, 0.3) is 11.1 Å². The van der Waals surface area contributed by atoms with Crippen molar-refractivity contribution in [3.05, 3.63) is 46.1 Å². The number of benzene rings is 1. The summed E-state index contributed by atoms with van der Waals surface area (Å²) in [7, 11) is 1.33. The molecular weight excluding hydrogens is 492 g/mol. The second-order valence-corrected chi connectivity index (χ2v) is 10.4. The van der Waals surface area contributed by atoms with Crippen LogP contribution in [0.15, 0.2) is 34.8 Å². The Bertz CT molecular complexity index is 1150. The van der Waals surface area contributed by atoms with Crippen molar-refractivity contribution in [3.63, 3.8) is 0 Å². The molecule has 3 aromatic rings. The first kappa shape index (κ1) is 24.8. The van der Waals surface area contributed by atoms with E-state index in [4.69, 9.17) is 16.3 Å². The third kappa shape index (κ3) is 5.47. The molecule has 0 bridgehead atoms. The number of ether oxygens (including phenoxy) is 1. The number of carbonyl (C=O) groups is 2. The summed E-state index contributed by atoms with van der Waals surface area (Å²) in [5.74, 6) is 0.923. The van der Waals surface area contributed by atoms with Crippen LogP contribution in [0.5, 0.6) is 0 Å². The molecular formula is C24H27ClN4O3S2. The predicted molar refractivity (Wildman–Crippen MR) is 137 cm³/mol. The van der Waals surface area contributed by atoms with E-state index >= 15 is 0 Å². The number of aromatic nitrogens is 3. The Morgan fingerprint density at radius 1 is 1.21 bits per heavy atom. The van der Waals surface area contributed by atoms with Crippen molar-refractivity contribution in [2.24, 2.45) is 0 Å². The summed E-state index contributed by atoms with van der Waals surface area (Å²) < 4.78 is 7.11. The number of thiophene rings is 1. The number of rotatable bonds is 8. The Labute approximate surface area is 212 Å². The summed E-state index contributed by atoms with van der Waals surface area (Å²) in [6.45, 7) is 2.84. The van der Waals surface area contributed by atoms with E-state index in [9.17, 15) is 9.59 Å². The Morgan fingerprint density at radius 2 is 1.94 bits per heavy atom. The molecule has 34 heavy (non-hydrogen) atoms. The van der Waals surface area contributed by atoms with Crippen LogP contribution in [-0.2, 0) is 16.1 Å². The van der Waals surface area contributed by atoms with Crippen LogP contribution in [0.1, 0.15) is 61.1 Å². The van der Waals surface area contributed by atoms with Crippen LogP contribution < -0.4 is 5.32 Å². The van der Waals surface area contributed by atoms with Crippen molar-refractivity contribution < 1.29 is 14.3 Å². The summed E-state index contributed by atoms with van der Waals surface area (Å²) >= 11 is 8.65. The average molecular weight is 519 g/mol. The highest BCUT2D eigenvalue weighted by atomic mass is 35.5. The highest BCUT2D eigenvalue weighted by molar-refractivity contribution is 7.99. The monoisotopic (exact) mass is 518 g/mol. The number of hydrogen-bond acceptors (Lipinski definition) is 7. The van der Waals surface area contributed by atoms with E-state index in [1.54, 1.807) is 12.1 Å². The first-order valence-electron chi connectivity index (χ1n) is 11.3. The molecule has 2 heterocycles. The van der Waals surface area contributed by atoms with Crippen LogP contribution >= 0.6 is 34.7 Å². The van der Waals surface area contributed by atoms with Crippen molar-refractivity contribution in [2.45, 2.75) is 56.6 Å². The highest BCUT2D eigenvalue weighted by Gasteiger charge is 2.25. The molecule has 0 aliphatic heterocycles. The van der Waals surface area contributed by atoms with E-state index in [1.165, 1.54) is 49.5 Å². The Hall–Kier alpha value is -2.36. The summed E-state index contributed by atoms with van der Waals surface area (Å²) in [6.07, 6.45) is 6.04. The van der Waals surface area contributed by atoms with Gasteiger partial charge in [0.1, 0.15) is 16.4 Å². The second kappa shape index (κ2) is 11.4. The smallest absolute Gasteiger partial charge is 0.341 e. The van der Waals surface area contributed by atoms with Gasteiger partial charge in [0.05, 0.1) is 12.9 Å². The summed E-state index contributed by atoms with van der Waals surface area (Å²) in [4.78, 5) is 25.3. The standard InChI is InChI=1S/C24H27ClN4O3S2/c1-3-29-21(16-7-5-4-6-8-16)27-28-24(29)34-14-19(30)26-22-20(23(31)32-2)18(13-33-22)15-9-11-17(25)12-10-15/h9-13,16H,3-8,14H2,1-2H3,(H,26,30). The molecule has 1 aromatic carbocycles. The number of anilines is 1. The zero-order valence-corrected chi connectivity index (χ0v) is 21.6. The fourth-order valence-electron chi connectivity index (χ4n) is 4.26. The van der Waals surface area contributed by atoms with Gasteiger partial charge in [-0.2, -0.15) is 0 Å². The van der Waals surface area contributed by atoms with Gasteiger partial charge in [-0.05, 0) is 37.5 Å². The minimum Gasteiger partial charge on any atom is -0.465 e. The van der Waals surface area contributed by atoms with Gasteiger partial charge in [-0.15, -0.1) is 21.5 Å². The summed E-state index contributed by atoms with van der Waals surface area (Å²) in [5, 5.41) is 15.4. The van der Waals surface area contributed by atoms with Crippen molar-refractivity contribution in [2.75, 3.05) is 18.2 Å². The first-order chi connectivity index (χ1) is 16.5. The number of amides is 1. The van der Waals surface area contributed by atoms with Gasteiger partial charge in [0.25, 0.3) is 0 Å². The number of halogens is 1. The van der Waals surface area contributed by atoms with Crippen LogP contribution in [0.2, 0.25) is 5.02 Å². The van der Waals surface area contributed by atoms with Crippen molar-refractivity contribution >= 4 is 51.6 Å². The number of nitrogens with zero attached hydrogens (tertiary/aromatic N) is 3. The molecule has 4 rings (SSSR count). The molecule has 1 aliphatic carbocycles. The van der Waals surface area contributed by atoms with E-state index in [0.717, 1.165) is 35.9 Å². The van der Waals surface area contributed by atoms with Gasteiger partial charge in [0, 0.05) is 28.4 Å². The van der Waals surface area contributed by atoms with E-state index in [1.807, 2.05) is 17.5 Å². The topological polar surface area (TPSA) is 86.1 Å². The van der Waals surface area contributed by atoms with Crippen molar-refractivity contribution in [1.82, 2.24) is 14.8 Å². The molecule has 2 aromatic heterocycles. The first-order valence-corrected chi connectivity index (χ1v) is 13.6. The molecule has 0 radical (unpaired) electrons. The molecule has 1 fully saturated rings. The number of thioether (sulfide) groups is 1. The van der Waals surface area contributed by atoms with Gasteiger partial charge in [0.15, 0.2) is 5.16 Å². The van der Waals surface area contributed by atoms with E-state index in [0.29, 0.717) is 27.1 Å². The Kier molecular flexibility index (Phi) is 8.28. The van der Waals surface area contributed by atoms with Crippen LogP contribution in [-0.4, -0.2) is 39.5 Å². The maximum absolute atomic E-state index is 12.8. The normalized spacial score (nSPS) is 14.2. The third-order valence-electron chi connectivity index (χ3n) is 5.95. The van der Waals surface area contributed by atoms with E-state index < -0.39 is 5.97 Å². The van der Waals surface area contributed by atoms with Gasteiger partial charge in [0.2, 0.25) is 5.91 Å². The Balaban J connectivity index is 1.47. The number of hydrogen-bond donors (Lipinski definition) is 1. The molecule has 7 nitrogen and oxygen atoms in total. The average Bonchev–Trinajstić information content (AvgIpc) is 3.47. The molecule has 1 N–H and O–H groups in total. The van der Waals surface area contributed by atoms with Gasteiger partial charge >= 0.3 is 5.97 Å². The minimum atomic E-state index is -0.503. The summed E-state index contributed by atoms with van der Waals surface area (Å²) in [5.41, 5.74) is 1.85. The molecule has 0 spiro atoms. The SMILES string of the molecule is CCn1c(SCC(=O)Nc2scc(-c3ccc(Cl)cc3)c2C(=O)OC)nnc1C1CCCCC1. The molecule has 1 saturated carbocycles. The number of esters is 1. The molecule has 10 heteroatoms. The largest absolute Gasteiger partial charge is 0.465 e. The van der Waals surface area contributed by atoms with Crippen LogP contribution in [0, 0.1) is 0 Å². The fourth-order valence-corrected chi connectivity index (χ4v) is 6.17. The quantitative estimate of drug-likeness (QED) is 0.280. The van der Waals surface area contributed by atoms with Crippen LogP contribution in [0.3, 0.4) is 0 Å². The lowest BCUT2D eigenvalue weighted by molar-refractivity contribution is -0.113. The number of nitrogens with one attached hydrogen (secondary N) is 1. The Morgan fingerprint density at radius 3 is 2.62 bits per heavy atom. The minimum absolute atomic E-state index is 0.164. The van der Waals surface area contributed by atoms with Gasteiger partial charge in [-0.25, -0.2) is 4.79 Å². The predicted octanol–water partition coefficient (Wildman–Crippen LogP) is 6.25. The van der Waals surface area contributed by atoms with Crippen molar-refractivity contribution in [3.8, 4) is 11.1 Å². The van der Waals surface area contributed by atoms with Crippen LogP contribution in [0.4, 0.5) is 5.00 Å².